The van der Waals surface area contributed by atoms with E-state index in [1.165, 1.54) is 6.07 Å². The minimum Gasteiger partial charge on any atom is -0.360 e. The van der Waals surface area contributed by atoms with E-state index in [-0.39, 0.29) is 18.8 Å². The number of hydrogen-bond acceptors (Lipinski definition) is 6. The first-order valence-electron chi connectivity index (χ1n) is 7.00. The number of nitrogens with zero attached hydrogens (tertiary/aromatic N) is 3. The fourth-order valence-corrected chi connectivity index (χ4v) is 2.97. The van der Waals surface area contributed by atoms with Gasteiger partial charge < -0.3 is 9.84 Å². The highest BCUT2D eigenvalue weighted by molar-refractivity contribution is 7.92. The number of benzene rings is 1. The topological polar surface area (TPSA) is 116 Å². The van der Waals surface area contributed by atoms with Crippen LogP contribution in [0.25, 0.3) is 0 Å². The van der Waals surface area contributed by atoms with Crippen molar-refractivity contribution in [3.63, 3.8) is 0 Å². The van der Waals surface area contributed by atoms with Crippen LogP contribution in [-0.2, 0) is 14.8 Å². The molecule has 0 atom stereocenters. The van der Waals surface area contributed by atoms with Crippen LogP contribution in [0.4, 0.5) is 11.5 Å². The largest absolute Gasteiger partial charge is 0.360 e. The highest BCUT2D eigenvalue weighted by Gasteiger charge is 2.19. The molecule has 0 aliphatic heterocycles. The number of aromatic nitrogens is 1. The van der Waals surface area contributed by atoms with E-state index >= 15 is 0 Å². The predicted molar refractivity (Wildman–Crippen MR) is 87.8 cm³/mol. The lowest BCUT2D eigenvalue weighted by Gasteiger charge is -2.22. The maximum Gasteiger partial charge on any atom is 0.232 e. The molecule has 126 valence electrons. The number of nitriles is 1. The van der Waals surface area contributed by atoms with E-state index in [0.717, 1.165) is 10.6 Å². The summed E-state index contributed by atoms with van der Waals surface area (Å²) in [4.78, 5) is 11.9. The summed E-state index contributed by atoms with van der Waals surface area (Å²) in [7, 11) is -3.60. The lowest BCUT2D eigenvalue weighted by atomic mass is 10.2. The number of nitrogens with one attached hydrogen (secondary N) is 1. The van der Waals surface area contributed by atoms with Gasteiger partial charge in [0.15, 0.2) is 5.82 Å². The molecule has 9 heteroatoms. The van der Waals surface area contributed by atoms with Crippen molar-refractivity contribution in [2.45, 2.75) is 13.3 Å². The third-order valence-electron chi connectivity index (χ3n) is 3.10. The monoisotopic (exact) mass is 348 g/mol. The Hall–Kier alpha value is -2.86. The summed E-state index contributed by atoms with van der Waals surface area (Å²) in [6.45, 7) is 1.63. The van der Waals surface area contributed by atoms with Crippen molar-refractivity contribution in [3.05, 3.63) is 41.7 Å². The summed E-state index contributed by atoms with van der Waals surface area (Å²) >= 11 is 0. The van der Waals surface area contributed by atoms with E-state index in [9.17, 15) is 13.2 Å². The minimum absolute atomic E-state index is 0.0591. The quantitative estimate of drug-likeness (QED) is 0.848. The SMILES string of the molecule is Cc1cc(NC(=O)CCN(c2cccc(C#N)c2)S(C)(=O)=O)no1. The second-order valence-electron chi connectivity index (χ2n) is 5.12. The fraction of sp³-hybridized carbons (Fsp3) is 0.267. The van der Waals surface area contributed by atoms with E-state index in [1.54, 1.807) is 31.2 Å². The maximum atomic E-state index is 12.0. The number of aryl methyl sites for hydroxylation is 1. The van der Waals surface area contributed by atoms with Gasteiger partial charge in [-0.2, -0.15) is 5.26 Å². The number of amides is 1. The molecule has 0 aliphatic rings. The zero-order chi connectivity index (χ0) is 17.7. The third kappa shape index (κ3) is 4.57. The smallest absolute Gasteiger partial charge is 0.232 e. The molecule has 8 nitrogen and oxygen atoms in total. The highest BCUT2D eigenvalue weighted by atomic mass is 32.2. The molecule has 0 unspecified atom stereocenters. The zero-order valence-electron chi connectivity index (χ0n) is 13.2. The Bertz CT molecular complexity index is 883. The van der Waals surface area contributed by atoms with Crippen molar-refractivity contribution >= 4 is 27.4 Å². The van der Waals surface area contributed by atoms with Crippen LogP contribution >= 0.6 is 0 Å². The highest BCUT2D eigenvalue weighted by Crippen LogP contribution is 2.19. The number of anilines is 2. The Labute approximate surface area is 139 Å². The molecule has 0 fully saturated rings. The molecule has 1 amide bonds. The Morgan fingerprint density at radius 2 is 2.17 bits per heavy atom. The van der Waals surface area contributed by atoms with Crippen molar-refractivity contribution < 1.29 is 17.7 Å². The van der Waals surface area contributed by atoms with Gasteiger partial charge in [0.05, 0.1) is 23.6 Å². The van der Waals surface area contributed by atoms with E-state index in [4.69, 9.17) is 9.78 Å². The first kappa shape index (κ1) is 17.5. The van der Waals surface area contributed by atoms with Crippen molar-refractivity contribution in [1.82, 2.24) is 5.16 Å². The van der Waals surface area contributed by atoms with Gasteiger partial charge in [0.25, 0.3) is 0 Å². The Morgan fingerprint density at radius 1 is 1.42 bits per heavy atom. The van der Waals surface area contributed by atoms with Crippen LogP contribution in [0.15, 0.2) is 34.9 Å². The first-order chi connectivity index (χ1) is 11.3. The van der Waals surface area contributed by atoms with Crippen molar-refractivity contribution in [2.24, 2.45) is 0 Å². The molecule has 2 aromatic rings. The van der Waals surface area contributed by atoms with Gasteiger partial charge in [0.1, 0.15) is 5.76 Å². The van der Waals surface area contributed by atoms with Gasteiger partial charge in [-0.1, -0.05) is 11.2 Å². The molecular formula is C15H16N4O4S. The molecule has 24 heavy (non-hydrogen) atoms. The Kier molecular flexibility index (Phi) is 5.21. The predicted octanol–water partition coefficient (Wildman–Crippen LogP) is 1.65. The number of hydrogen-bond donors (Lipinski definition) is 1. The average Bonchev–Trinajstić information content (AvgIpc) is 2.91. The molecular weight excluding hydrogens is 332 g/mol. The number of carbonyl (C=O) groups excluding carboxylic acids is 1. The second kappa shape index (κ2) is 7.14. The van der Waals surface area contributed by atoms with Crippen LogP contribution in [0.3, 0.4) is 0 Å². The van der Waals surface area contributed by atoms with E-state index in [0.29, 0.717) is 17.0 Å². The van der Waals surface area contributed by atoms with Gasteiger partial charge in [-0.05, 0) is 25.1 Å². The Balaban J connectivity index is 2.10. The molecule has 1 aromatic heterocycles. The summed E-state index contributed by atoms with van der Waals surface area (Å²) in [6.07, 6.45) is 0.973. The van der Waals surface area contributed by atoms with Crippen LogP contribution in [0.1, 0.15) is 17.7 Å². The summed E-state index contributed by atoms with van der Waals surface area (Å²) < 4.78 is 29.9. The Morgan fingerprint density at radius 3 is 2.75 bits per heavy atom. The number of carbonyl (C=O) groups is 1. The zero-order valence-corrected chi connectivity index (χ0v) is 14.0. The minimum atomic E-state index is -3.60. The van der Waals surface area contributed by atoms with Crippen molar-refractivity contribution in [1.29, 1.82) is 5.26 Å². The van der Waals surface area contributed by atoms with Gasteiger partial charge in [0.2, 0.25) is 15.9 Å². The normalized spacial score (nSPS) is 10.9. The summed E-state index contributed by atoms with van der Waals surface area (Å²) in [5.74, 6) is 0.430. The third-order valence-corrected chi connectivity index (χ3v) is 4.30. The van der Waals surface area contributed by atoms with E-state index in [2.05, 4.69) is 10.5 Å². The van der Waals surface area contributed by atoms with E-state index in [1.807, 2.05) is 6.07 Å². The van der Waals surface area contributed by atoms with Gasteiger partial charge in [-0.25, -0.2) is 8.42 Å². The van der Waals surface area contributed by atoms with Crippen LogP contribution in [0, 0.1) is 18.3 Å². The molecule has 0 saturated carbocycles. The van der Waals surface area contributed by atoms with Crippen LogP contribution in [-0.4, -0.2) is 32.3 Å². The summed E-state index contributed by atoms with van der Waals surface area (Å²) in [6, 6.07) is 9.70. The molecule has 0 aliphatic carbocycles. The number of sulfonamides is 1. The molecule has 0 radical (unpaired) electrons. The van der Waals surface area contributed by atoms with E-state index < -0.39 is 15.9 Å². The summed E-state index contributed by atoms with van der Waals surface area (Å²) in [5.41, 5.74) is 0.672. The van der Waals surface area contributed by atoms with Crippen LogP contribution in [0.5, 0.6) is 0 Å². The molecule has 1 N–H and O–H groups in total. The van der Waals surface area contributed by atoms with Gasteiger partial charge in [-0.15, -0.1) is 0 Å². The van der Waals surface area contributed by atoms with Gasteiger partial charge in [0, 0.05) is 19.0 Å². The lowest BCUT2D eigenvalue weighted by Crippen LogP contribution is -2.33. The van der Waals surface area contributed by atoms with Crippen LogP contribution < -0.4 is 9.62 Å². The summed E-state index contributed by atoms with van der Waals surface area (Å²) in [5, 5.41) is 15.1. The standard InChI is InChI=1S/C15H16N4O4S/c1-11-8-14(18-23-11)17-15(20)6-7-19(24(2,21)22)13-5-3-4-12(9-13)10-16/h3-5,8-9H,6-7H2,1-2H3,(H,17,18,20). The van der Waals surface area contributed by atoms with Crippen molar-refractivity contribution in [2.75, 3.05) is 22.4 Å². The fourth-order valence-electron chi connectivity index (χ4n) is 2.05. The van der Waals surface area contributed by atoms with Crippen molar-refractivity contribution in [3.8, 4) is 6.07 Å². The molecule has 1 aromatic carbocycles. The molecule has 1 heterocycles. The first-order valence-corrected chi connectivity index (χ1v) is 8.85. The second-order valence-corrected chi connectivity index (χ2v) is 7.03. The maximum absolute atomic E-state index is 12.0. The number of rotatable bonds is 6. The van der Waals surface area contributed by atoms with Crippen LogP contribution in [0.2, 0.25) is 0 Å². The molecule has 2 rings (SSSR count). The molecule has 0 bridgehead atoms. The van der Waals surface area contributed by atoms with Gasteiger partial charge in [-0.3, -0.25) is 9.10 Å². The van der Waals surface area contributed by atoms with Gasteiger partial charge >= 0.3 is 0 Å². The molecule has 0 saturated heterocycles. The average molecular weight is 348 g/mol. The lowest BCUT2D eigenvalue weighted by molar-refractivity contribution is -0.116. The molecule has 0 spiro atoms.